The Morgan fingerprint density at radius 2 is 2.04 bits per heavy atom. The Bertz CT molecular complexity index is 996. The molecule has 1 saturated heterocycles. The molecule has 6 nitrogen and oxygen atoms in total. The maximum Gasteiger partial charge on any atom is 0.320 e. The number of carbonyl (C=O) groups excluding carboxylic acids is 2. The van der Waals surface area contributed by atoms with Crippen molar-refractivity contribution in [2.45, 2.75) is 12.2 Å². The minimum Gasteiger partial charge on any atom is -0.468 e. The van der Waals surface area contributed by atoms with Gasteiger partial charge < -0.3 is 9.64 Å². The number of aryl methyl sites for hydroxylation is 1. The van der Waals surface area contributed by atoms with Crippen LogP contribution >= 0.6 is 23.1 Å². The van der Waals surface area contributed by atoms with Gasteiger partial charge in [-0.1, -0.05) is 18.2 Å². The lowest BCUT2D eigenvalue weighted by molar-refractivity contribution is -0.140. The van der Waals surface area contributed by atoms with E-state index in [1.807, 2.05) is 48.0 Å². The third-order valence-corrected chi connectivity index (χ3v) is 6.83. The van der Waals surface area contributed by atoms with Crippen molar-refractivity contribution in [1.82, 2.24) is 14.7 Å². The summed E-state index contributed by atoms with van der Waals surface area (Å²) in [6, 6.07) is 11.8. The standard InChI is InChI=1S/C19H19N3O3S2/c1-12-14-10-15(17(23)21-8-9-26-16(11-21)19(24)25-2)27-18(14)22(20-12)13-6-4-3-5-7-13/h3-7,10,16H,8-9,11H2,1-2H3/t16-/m0/s1. The smallest absolute Gasteiger partial charge is 0.320 e. The lowest BCUT2D eigenvalue weighted by atomic mass is 10.2. The average molecular weight is 402 g/mol. The van der Waals surface area contributed by atoms with Gasteiger partial charge in [0.1, 0.15) is 10.1 Å². The van der Waals surface area contributed by atoms with E-state index in [0.717, 1.165) is 27.4 Å². The summed E-state index contributed by atoms with van der Waals surface area (Å²) in [4.78, 5) is 28.2. The van der Waals surface area contributed by atoms with Crippen molar-refractivity contribution in [1.29, 1.82) is 0 Å². The fourth-order valence-corrected chi connectivity index (χ4v) is 5.44. The van der Waals surface area contributed by atoms with E-state index in [1.165, 1.54) is 18.4 Å². The highest BCUT2D eigenvalue weighted by atomic mass is 32.2. The second-order valence-corrected chi connectivity index (χ2v) is 8.64. The van der Waals surface area contributed by atoms with Crippen LogP contribution in [0.1, 0.15) is 15.4 Å². The first-order chi connectivity index (χ1) is 13.1. The highest BCUT2D eigenvalue weighted by Gasteiger charge is 2.31. The zero-order chi connectivity index (χ0) is 19.0. The van der Waals surface area contributed by atoms with Gasteiger partial charge in [-0.2, -0.15) is 5.10 Å². The molecule has 1 aliphatic rings. The van der Waals surface area contributed by atoms with Crippen LogP contribution in [0.3, 0.4) is 0 Å². The summed E-state index contributed by atoms with van der Waals surface area (Å²) in [5, 5.41) is 5.29. The number of ether oxygens (including phenoxy) is 1. The van der Waals surface area contributed by atoms with E-state index in [9.17, 15) is 9.59 Å². The molecule has 0 aliphatic carbocycles. The van der Waals surface area contributed by atoms with Gasteiger partial charge in [-0.3, -0.25) is 9.59 Å². The van der Waals surface area contributed by atoms with Crippen LogP contribution in [0.5, 0.6) is 0 Å². The van der Waals surface area contributed by atoms with Gasteiger partial charge in [0, 0.05) is 24.2 Å². The molecule has 0 saturated carbocycles. The predicted octanol–water partition coefficient (Wildman–Crippen LogP) is 3.13. The number of fused-ring (bicyclic) bond motifs is 1. The third-order valence-electron chi connectivity index (χ3n) is 4.57. The van der Waals surface area contributed by atoms with Gasteiger partial charge in [-0.15, -0.1) is 23.1 Å². The van der Waals surface area contributed by atoms with Crippen LogP contribution in [0.25, 0.3) is 15.9 Å². The van der Waals surface area contributed by atoms with Crippen molar-refractivity contribution >= 4 is 45.2 Å². The summed E-state index contributed by atoms with van der Waals surface area (Å²) < 4.78 is 6.72. The molecule has 3 heterocycles. The maximum absolute atomic E-state index is 13.0. The molecule has 0 unspecified atom stereocenters. The second kappa shape index (κ2) is 7.36. The van der Waals surface area contributed by atoms with Crippen LogP contribution in [-0.4, -0.2) is 57.8 Å². The average Bonchev–Trinajstić information content (AvgIpc) is 3.28. The number of rotatable bonds is 3. The summed E-state index contributed by atoms with van der Waals surface area (Å²) >= 11 is 2.98. The summed E-state index contributed by atoms with van der Waals surface area (Å²) in [6.45, 7) is 2.97. The normalized spacial score (nSPS) is 17.3. The number of aromatic nitrogens is 2. The molecule has 8 heteroatoms. The highest BCUT2D eigenvalue weighted by molar-refractivity contribution is 8.00. The van der Waals surface area contributed by atoms with Gasteiger partial charge >= 0.3 is 5.97 Å². The lowest BCUT2D eigenvalue weighted by Gasteiger charge is -2.30. The minimum atomic E-state index is -0.316. The van der Waals surface area contributed by atoms with E-state index in [-0.39, 0.29) is 17.1 Å². The monoisotopic (exact) mass is 401 g/mol. The van der Waals surface area contributed by atoms with E-state index in [4.69, 9.17) is 4.74 Å². The zero-order valence-corrected chi connectivity index (χ0v) is 16.7. The van der Waals surface area contributed by atoms with E-state index in [1.54, 1.807) is 16.7 Å². The van der Waals surface area contributed by atoms with Crippen molar-refractivity contribution in [3.05, 3.63) is 47.0 Å². The number of thiophene rings is 1. The molecule has 1 aromatic carbocycles. The lowest BCUT2D eigenvalue weighted by Crippen LogP contribution is -2.44. The SMILES string of the molecule is COC(=O)[C@@H]1CN(C(=O)c2cc3c(C)nn(-c4ccccc4)c3s2)CCS1. The zero-order valence-electron chi connectivity index (χ0n) is 15.0. The molecule has 3 aromatic rings. The predicted molar refractivity (Wildman–Crippen MR) is 108 cm³/mol. The van der Waals surface area contributed by atoms with Crippen molar-refractivity contribution in [2.24, 2.45) is 0 Å². The largest absolute Gasteiger partial charge is 0.468 e. The molecule has 0 radical (unpaired) electrons. The first-order valence-corrected chi connectivity index (χ1v) is 10.5. The molecule has 4 rings (SSSR count). The topological polar surface area (TPSA) is 64.4 Å². The Kier molecular flexibility index (Phi) is 4.92. The number of hydrogen-bond donors (Lipinski definition) is 0. The van der Waals surface area contributed by atoms with E-state index >= 15 is 0 Å². The second-order valence-electron chi connectivity index (χ2n) is 6.30. The molecular weight excluding hydrogens is 382 g/mol. The number of para-hydroxylation sites is 1. The molecule has 0 spiro atoms. The number of thioether (sulfide) groups is 1. The summed E-state index contributed by atoms with van der Waals surface area (Å²) in [6.07, 6.45) is 0. The number of benzene rings is 1. The molecular formula is C19H19N3O3S2. The third kappa shape index (κ3) is 3.35. The van der Waals surface area contributed by atoms with Crippen LogP contribution in [0.2, 0.25) is 0 Å². The van der Waals surface area contributed by atoms with Gasteiger partial charge in [-0.25, -0.2) is 4.68 Å². The Hall–Kier alpha value is -2.32. The summed E-state index contributed by atoms with van der Waals surface area (Å²) in [5.74, 6) is 0.418. The quantitative estimate of drug-likeness (QED) is 0.631. The maximum atomic E-state index is 13.0. The van der Waals surface area contributed by atoms with Gasteiger partial charge in [-0.05, 0) is 25.1 Å². The Morgan fingerprint density at radius 1 is 1.26 bits per heavy atom. The van der Waals surface area contributed by atoms with Crippen LogP contribution in [0, 0.1) is 6.92 Å². The molecule has 0 N–H and O–H groups in total. The van der Waals surface area contributed by atoms with Crippen LogP contribution < -0.4 is 0 Å². The number of nitrogens with zero attached hydrogens (tertiary/aromatic N) is 3. The fraction of sp³-hybridized carbons (Fsp3) is 0.316. The van der Waals surface area contributed by atoms with Crippen molar-refractivity contribution in [2.75, 3.05) is 26.0 Å². The minimum absolute atomic E-state index is 0.0376. The molecule has 140 valence electrons. The van der Waals surface area contributed by atoms with E-state index in [2.05, 4.69) is 5.10 Å². The molecule has 0 bridgehead atoms. The van der Waals surface area contributed by atoms with Gasteiger partial charge in [0.15, 0.2) is 0 Å². The molecule has 2 aromatic heterocycles. The fourth-order valence-electron chi connectivity index (χ4n) is 3.16. The van der Waals surface area contributed by atoms with Crippen LogP contribution in [0.15, 0.2) is 36.4 Å². The van der Waals surface area contributed by atoms with Crippen molar-refractivity contribution in [3.63, 3.8) is 0 Å². The first kappa shape index (κ1) is 18.1. The van der Waals surface area contributed by atoms with Crippen molar-refractivity contribution < 1.29 is 14.3 Å². The van der Waals surface area contributed by atoms with Gasteiger partial charge in [0.25, 0.3) is 5.91 Å². The van der Waals surface area contributed by atoms with E-state index < -0.39 is 0 Å². The van der Waals surface area contributed by atoms with Gasteiger partial charge in [0.05, 0.1) is 23.4 Å². The Labute approximate surface area is 165 Å². The Balaban J connectivity index is 1.64. The molecule has 27 heavy (non-hydrogen) atoms. The number of esters is 1. The van der Waals surface area contributed by atoms with Crippen LogP contribution in [0.4, 0.5) is 0 Å². The molecule has 1 atom stereocenters. The highest BCUT2D eigenvalue weighted by Crippen LogP contribution is 2.32. The number of methoxy groups -OCH3 is 1. The Morgan fingerprint density at radius 3 is 2.78 bits per heavy atom. The molecule has 1 aliphatic heterocycles. The van der Waals surface area contributed by atoms with Crippen LogP contribution in [-0.2, 0) is 9.53 Å². The van der Waals surface area contributed by atoms with Gasteiger partial charge in [0.2, 0.25) is 0 Å². The van der Waals surface area contributed by atoms with E-state index in [0.29, 0.717) is 18.0 Å². The molecule has 1 fully saturated rings. The number of amides is 1. The first-order valence-electron chi connectivity index (χ1n) is 8.62. The number of carbonyl (C=O) groups is 2. The van der Waals surface area contributed by atoms with Crippen molar-refractivity contribution in [3.8, 4) is 5.69 Å². The summed E-state index contributed by atoms with van der Waals surface area (Å²) in [5.41, 5.74) is 1.86. The number of hydrogen-bond acceptors (Lipinski definition) is 6. The molecule has 1 amide bonds. The summed E-state index contributed by atoms with van der Waals surface area (Å²) in [7, 11) is 1.38.